The monoisotopic (exact) mass is 276 g/mol. The van der Waals surface area contributed by atoms with Crippen LogP contribution >= 0.6 is 0 Å². The number of aromatic amines is 1. The molecule has 0 aliphatic heterocycles. The van der Waals surface area contributed by atoms with E-state index in [0.717, 1.165) is 0 Å². The largest absolute Gasteiger partial charge is 0.485 e. The van der Waals surface area contributed by atoms with E-state index in [1.54, 1.807) is 12.1 Å². The Morgan fingerprint density at radius 2 is 2.15 bits per heavy atom. The summed E-state index contributed by atoms with van der Waals surface area (Å²) in [5, 5.41) is 17.6. The predicted octanol–water partition coefficient (Wildman–Crippen LogP) is 2.59. The molecule has 0 bridgehead atoms. The lowest BCUT2D eigenvalue weighted by molar-refractivity contribution is -0.384. The lowest BCUT2D eigenvalue weighted by Crippen LogP contribution is -2.13. The van der Waals surface area contributed by atoms with Crippen molar-refractivity contribution >= 4 is 5.69 Å². The Morgan fingerprint density at radius 3 is 2.75 bits per heavy atom. The van der Waals surface area contributed by atoms with Crippen molar-refractivity contribution in [2.24, 2.45) is 0 Å². The molecule has 0 fully saturated rings. The smallest absolute Gasteiger partial charge is 0.273 e. The summed E-state index contributed by atoms with van der Waals surface area (Å²) in [7, 11) is 0. The predicted molar refractivity (Wildman–Crippen MR) is 72.5 cm³/mol. The van der Waals surface area contributed by atoms with Crippen LogP contribution in [-0.2, 0) is 12.0 Å². The summed E-state index contributed by atoms with van der Waals surface area (Å²) in [6.45, 7) is 6.23. The first-order valence-corrected chi connectivity index (χ1v) is 6.15. The van der Waals surface area contributed by atoms with Gasteiger partial charge < -0.3 is 4.74 Å². The van der Waals surface area contributed by atoms with Crippen molar-refractivity contribution in [2.45, 2.75) is 32.8 Å². The fourth-order valence-electron chi connectivity index (χ4n) is 1.53. The summed E-state index contributed by atoms with van der Waals surface area (Å²) in [5.41, 5.74) is -0.143. The van der Waals surface area contributed by atoms with Gasteiger partial charge in [-0.2, -0.15) is 5.10 Å². The highest BCUT2D eigenvalue weighted by molar-refractivity contribution is 5.37. The number of nitro groups is 1. The summed E-state index contributed by atoms with van der Waals surface area (Å²) >= 11 is 0. The van der Waals surface area contributed by atoms with Crippen LogP contribution in [0, 0.1) is 10.1 Å². The van der Waals surface area contributed by atoms with Crippen LogP contribution in [0.25, 0.3) is 0 Å². The average molecular weight is 276 g/mol. The molecule has 2 rings (SSSR count). The number of rotatable bonds is 4. The Bertz CT molecular complexity index is 616. The van der Waals surface area contributed by atoms with Gasteiger partial charge >= 0.3 is 0 Å². The van der Waals surface area contributed by atoms with Crippen LogP contribution < -0.4 is 4.74 Å². The van der Waals surface area contributed by atoms with Crippen molar-refractivity contribution in [3.63, 3.8) is 0 Å². The fraction of sp³-hybridized carbons (Fsp3) is 0.385. The van der Waals surface area contributed by atoms with Gasteiger partial charge in [0.05, 0.1) is 11.0 Å². The Kier molecular flexibility index (Phi) is 3.69. The molecule has 0 atom stereocenters. The quantitative estimate of drug-likeness (QED) is 0.684. The number of hydrogen-bond donors (Lipinski definition) is 1. The number of aromatic nitrogens is 3. The summed E-state index contributed by atoms with van der Waals surface area (Å²) in [5.74, 6) is 1.71. The molecule has 0 spiro atoms. The maximum Gasteiger partial charge on any atom is 0.273 e. The van der Waals surface area contributed by atoms with Crippen molar-refractivity contribution in [1.82, 2.24) is 15.2 Å². The fourth-order valence-corrected chi connectivity index (χ4v) is 1.53. The first-order chi connectivity index (χ1) is 9.36. The van der Waals surface area contributed by atoms with Crippen molar-refractivity contribution in [2.75, 3.05) is 0 Å². The van der Waals surface area contributed by atoms with Gasteiger partial charge in [-0.1, -0.05) is 26.8 Å². The Morgan fingerprint density at radius 1 is 1.40 bits per heavy atom. The standard InChI is InChI=1S/C13H16N4O3/c1-13(2,3)12-14-11(15-16-12)8-20-10-6-4-5-9(7-10)17(18)19/h4-7H,8H2,1-3H3,(H,14,15,16). The second kappa shape index (κ2) is 5.28. The van der Waals surface area contributed by atoms with Crippen LogP contribution in [0.2, 0.25) is 0 Å². The Hall–Kier alpha value is -2.44. The molecule has 7 heteroatoms. The van der Waals surface area contributed by atoms with Crippen molar-refractivity contribution in [3.05, 3.63) is 46.0 Å². The van der Waals surface area contributed by atoms with Gasteiger partial charge in [0, 0.05) is 11.5 Å². The van der Waals surface area contributed by atoms with Gasteiger partial charge in [-0.05, 0) is 6.07 Å². The number of nitrogens with zero attached hydrogens (tertiary/aromatic N) is 3. The molecule has 20 heavy (non-hydrogen) atoms. The zero-order chi connectivity index (χ0) is 14.8. The maximum absolute atomic E-state index is 10.7. The molecule has 0 saturated heterocycles. The van der Waals surface area contributed by atoms with Gasteiger partial charge in [-0.3, -0.25) is 15.2 Å². The van der Waals surface area contributed by atoms with Crippen LogP contribution in [0.15, 0.2) is 24.3 Å². The Balaban J connectivity index is 2.04. The highest BCUT2D eigenvalue weighted by Crippen LogP contribution is 2.20. The molecule has 1 aromatic carbocycles. The first-order valence-electron chi connectivity index (χ1n) is 6.15. The molecular weight excluding hydrogens is 260 g/mol. The van der Waals surface area contributed by atoms with E-state index in [9.17, 15) is 10.1 Å². The van der Waals surface area contributed by atoms with Crippen molar-refractivity contribution in [1.29, 1.82) is 0 Å². The summed E-state index contributed by atoms with van der Waals surface area (Å²) < 4.78 is 5.47. The molecule has 7 nitrogen and oxygen atoms in total. The average Bonchev–Trinajstić information content (AvgIpc) is 2.85. The Labute approximate surface area is 116 Å². The van der Waals surface area contributed by atoms with Gasteiger partial charge in [0.15, 0.2) is 11.6 Å². The molecule has 0 radical (unpaired) electrons. The van der Waals surface area contributed by atoms with Gasteiger partial charge in [0.25, 0.3) is 5.69 Å². The lowest BCUT2D eigenvalue weighted by atomic mass is 9.96. The van der Waals surface area contributed by atoms with Crippen LogP contribution in [0.1, 0.15) is 32.4 Å². The van der Waals surface area contributed by atoms with Crippen LogP contribution in [-0.4, -0.2) is 20.1 Å². The molecule has 1 aromatic heterocycles. The van der Waals surface area contributed by atoms with Crippen LogP contribution in [0.3, 0.4) is 0 Å². The normalized spacial score (nSPS) is 11.3. The molecule has 0 aliphatic carbocycles. The highest BCUT2D eigenvalue weighted by Gasteiger charge is 2.19. The molecular formula is C13H16N4O3. The maximum atomic E-state index is 10.7. The number of nitro benzene ring substituents is 1. The molecule has 0 unspecified atom stereocenters. The number of H-pyrrole nitrogens is 1. The number of benzene rings is 1. The molecule has 0 aliphatic rings. The van der Waals surface area contributed by atoms with E-state index in [0.29, 0.717) is 17.4 Å². The van der Waals surface area contributed by atoms with Gasteiger partial charge in [-0.15, -0.1) is 0 Å². The zero-order valence-electron chi connectivity index (χ0n) is 11.6. The number of ether oxygens (including phenoxy) is 1. The van der Waals surface area contributed by atoms with E-state index >= 15 is 0 Å². The van der Waals surface area contributed by atoms with E-state index in [2.05, 4.69) is 15.2 Å². The molecule has 0 saturated carbocycles. The SMILES string of the molecule is CC(C)(C)c1n[nH]c(COc2cccc([N+](=O)[O-])c2)n1. The lowest BCUT2D eigenvalue weighted by Gasteiger charge is -2.11. The molecule has 0 amide bonds. The molecule has 1 N–H and O–H groups in total. The number of non-ortho nitro benzene ring substituents is 1. The number of hydrogen-bond acceptors (Lipinski definition) is 5. The van der Waals surface area contributed by atoms with Gasteiger partial charge in [0.2, 0.25) is 0 Å². The third-order valence-corrected chi connectivity index (χ3v) is 2.61. The molecule has 1 heterocycles. The minimum Gasteiger partial charge on any atom is -0.485 e. The third kappa shape index (κ3) is 3.31. The van der Waals surface area contributed by atoms with E-state index in [1.807, 2.05) is 20.8 Å². The zero-order valence-corrected chi connectivity index (χ0v) is 11.6. The van der Waals surface area contributed by atoms with Gasteiger partial charge in [-0.25, -0.2) is 4.98 Å². The summed E-state index contributed by atoms with van der Waals surface area (Å²) in [6.07, 6.45) is 0. The van der Waals surface area contributed by atoms with Crippen molar-refractivity contribution < 1.29 is 9.66 Å². The van der Waals surface area contributed by atoms with E-state index < -0.39 is 4.92 Å². The van der Waals surface area contributed by atoms with Crippen molar-refractivity contribution in [3.8, 4) is 5.75 Å². The second-order valence-corrected chi connectivity index (χ2v) is 5.40. The molecule has 2 aromatic rings. The summed E-state index contributed by atoms with van der Waals surface area (Å²) in [4.78, 5) is 14.5. The number of nitrogens with one attached hydrogen (secondary N) is 1. The van der Waals surface area contributed by atoms with E-state index in [-0.39, 0.29) is 17.7 Å². The molecule has 106 valence electrons. The van der Waals surface area contributed by atoms with Crippen LogP contribution in [0.4, 0.5) is 5.69 Å². The van der Waals surface area contributed by atoms with E-state index in [4.69, 9.17) is 4.74 Å². The van der Waals surface area contributed by atoms with E-state index in [1.165, 1.54) is 12.1 Å². The first kappa shape index (κ1) is 14.0. The van der Waals surface area contributed by atoms with Crippen LogP contribution in [0.5, 0.6) is 5.75 Å². The van der Waals surface area contributed by atoms with Gasteiger partial charge in [0.1, 0.15) is 12.4 Å². The third-order valence-electron chi connectivity index (χ3n) is 2.61. The minimum atomic E-state index is -0.459. The second-order valence-electron chi connectivity index (χ2n) is 5.40. The topological polar surface area (TPSA) is 93.9 Å². The summed E-state index contributed by atoms with van der Waals surface area (Å²) in [6, 6.07) is 6.03. The minimum absolute atomic E-state index is 0.00421. The highest BCUT2D eigenvalue weighted by atomic mass is 16.6.